The molecule has 1 heterocycles. The molecule has 17 heavy (non-hydrogen) atoms. The van der Waals surface area contributed by atoms with Gasteiger partial charge in [0, 0.05) is 10.9 Å². The van der Waals surface area contributed by atoms with Crippen molar-refractivity contribution >= 4 is 31.4 Å². The summed E-state index contributed by atoms with van der Waals surface area (Å²) in [4.78, 5) is 3.49. The summed E-state index contributed by atoms with van der Waals surface area (Å²) in [5.41, 5.74) is -0.674. The standard InChI is InChI=1S/C7H13N3O4S3/c1-7(2,3)10-17(13,14)6-9-5(4-15-6)16(8,11)12/h4,10H,1-3H3,(H2,8,11,12). The number of nitrogens with two attached hydrogens (primary N) is 1. The number of nitrogens with one attached hydrogen (secondary N) is 1. The molecule has 7 nitrogen and oxygen atoms in total. The van der Waals surface area contributed by atoms with Gasteiger partial charge in [-0.05, 0) is 20.8 Å². The number of hydrogen-bond donors (Lipinski definition) is 2. The molecule has 1 aromatic rings. The molecule has 3 N–H and O–H groups in total. The van der Waals surface area contributed by atoms with Crippen LogP contribution < -0.4 is 9.86 Å². The fraction of sp³-hybridized carbons (Fsp3) is 0.571. The van der Waals surface area contributed by atoms with Gasteiger partial charge in [-0.3, -0.25) is 0 Å². The monoisotopic (exact) mass is 299 g/mol. The van der Waals surface area contributed by atoms with Crippen LogP contribution in [0.4, 0.5) is 0 Å². The highest BCUT2D eigenvalue weighted by molar-refractivity contribution is 7.92. The van der Waals surface area contributed by atoms with Crippen molar-refractivity contribution in [2.75, 3.05) is 0 Å². The molecule has 0 saturated heterocycles. The van der Waals surface area contributed by atoms with Crippen molar-refractivity contribution in [1.29, 1.82) is 0 Å². The van der Waals surface area contributed by atoms with E-state index in [4.69, 9.17) is 5.14 Å². The summed E-state index contributed by atoms with van der Waals surface area (Å²) in [5.74, 6) is 0. The molecular weight excluding hydrogens is 286 g/mol. The topological polar surface area (TPSA) is 119 Å². The number of nitrogens with zero attached hydrogens (tertiary/aromatic N) is 1. The Kier molecular flexibility index (Phi) is 3.65. The van der Waals surface area contributed by atoms with E-state index >= 15 is 0 Å². The van der Waals surface area contributed by atoms with Crippen molar-refractivity contribution in [2.24, 2.45) is 5.14 Å². The van der Waals surface area contributed by atoms with E-state index in [0.717, 1.165) is 5.38 Å². The Morgan fingerprint density at radius 2 is 1.82 bits per heavy atom. The maximum absolute atomic E-state index is 11.8. The van der Waals surface area contributed by atoms with E-state index in [1.54, 1.807) is 20.8 Å². The highest BCUT2D eigenvalue weighted by atomic mass is 32.2. The third-order valence-corrected chi connectivity index (χ3v) is 5.38. The van der Waals surface area contributed by atoms with Crippen molar-refractivity contribution in [3.05, 3.63) is 5.38 Å². The van der Waals surface area contributed by atoms with Crippen LogP contribution in [0.1, 0.15) is 20.8 Å². The van der Waals surface area contributed by atoms with Crippen LogP contribution in [0.25, 0.3) is 0 Å². The van der Waals surface area contributed by atoms with Gasteiger partial charge in [0.2, 0.25) is 4.34 Å². The van der Waals surface area contributed by atoms with E-state index in [-0.39, 0.29) is 4.34 Å². The van der Waals surface area contributed by atoms with E-state index in [0.29, 0.717) is 11.3 Å². The quantitative estimate of drug-likeness (QED) is 0.805. The van der Waals surface area contributed by atoms with E-state index < -0.39 is 30.6 Å². The third-order valence-electron chi connectivity index (χ3n) is 1.42. The van der Waals surface area contributed by atoms with Gasteiger partial charge in [-0.25, -0.2) is 31.7 Å². The molecular formula is C7H13N3O4S3. The molecule has 0 fully saturated rings. The number of rotatable bonds is 3. The first-order valence-electron chi connectivity index (χ1n) is 4.44. The van der Waals surface area contributed by atoms with Crippen molar-refractivity contribution in [3.8, 4) is 0 Å². The lowest BCUT2D eigenvalue weighted by molar-refractivity contribution is 0.491. The van der Waals surface area contributed by atoms with Gasteiger partial charge in [-0.2, -0.15) is 0 Å². The number of primary sulfonamides is 1. The minimum absolute atomic E-state index is 0.323. The second kappa shape index (κ2) is 4.28. The first-order valence-corrected chi connectivity index (χ1v) is 8.35. The maximum Gasteiger partial charge on any atom is 0.268 e. The Hall–Kier alpha value is -0.550. The molecule has 0 amide bonds. The van der Waals surface area contributed by atoms with Crippen LogP contribution in [0, 0.1) is 0 Å². The van der Waals surface area contributed by atoms with Crippen LogP contribution in [0.15, 0.2) is 14.7 Å². The molecule has 0 aromatic carbocycles. The van der Waals surface area contributed by atoms with Crippen molar-refractivity contribution in [3.63, 3.8) is 0 Å². The van der Waals surface area contributed by atoms with Gasteiger partial charge in [-0.1, -0.05) is 0 Å². The molecule has 0 radical (unpaired) electrons. The van der Waals surface area contributed by atoms with Crippen LogP contribution in [0.5, 0.6) is 0 Å². The van der Waals surface area contributed by atoms with Gasteiger partial charge in [0.25, 0.3) is 20.0 Å². The lowest BCUT2D eigenvalue weighted by atomic mass is 10.1. The Morgan fingerprint density at radius 3 is 2.18 bits per heavy atom. The summed E-state index contributed by atoms with van der Waals surface area (Å²) in [6, 6.07) is 0. The molecule has 10 heteroatoms. The number of thiazole rings is 1. The van der Waals surface area contributed by atoms with Crippen molar-refractivity contribution < 1.29 is 16.8 Å². The molecule has 0 atom stereocenters. The molecule has 0 saturated carbocycles. The van der Waals surface area contributed by atoms with Gasteiger partial charge in [0.15, 0.2) is 5.03 Å². The molecule has 0 aliphatic rings. The summed E-state index contributed by atoms with van der Waals surface area (Å²) in [6.45, 7) is 5.00. The van der Waals surface area contributed by atoms with E-state index in [1.807, 2.05) is 0 Å². The minimum atomic E-state index is -3.98. The Balaban J connectivity index is 3.15. The molecule has 1 aromatic heterocycles. The fourth-order valence-electron chi connectivity index (χ4n) is 0.944. The van der Waals surface area contributed by atoms with Gasteiger partial charge >= 0.3 is 0 Å². The van der Waals surface area contributed by atoms with Crippen LogP contribution in [-0.2, 0) is 20.0 Å². The average Bonchev–Trinajstić information content (AvgIpc) is 2.44. The Bertz CT molecular complexity index is 609. The van der Waals surface area contributed by atoms with Crippen LogP contribution in [0.2, 0.25) is 0 Å². The lowest BCUT2D eigenvalue weighted by Gasteiger charge is -2.18. The predicted molar refractivity (Wildman–Crippen MR) is 63.6 cm³/mol. The average molecular weight is 299 g/mol. The van der Waals surface area contributed by atoms with Gasteiger partial charge < -0.3 is 0 Å². The van der Waals surface area contributed by atoms with E-state index in [1.165, 1.54) is 0 Å². The molecule has 0 spiro atoms. The van der Waals surface area contributed by atoms with E-state index in [9.17, 15) is 16.8 Å². The second-order valence-corrected chi connectivity index (χ2v) is 8.57. The zero-order valence-corrected chi connectivity index (χ0v) is 11.9. The van der Waals surface area contributed by atoms with Crippen molar-refractivity contribution in [1.82, 2.24) is 9.71 Å². The van der Waals surface area contributed by atoms with Gasteiger partial charge in [0.1, 0.15) is 0 Å². The number of aromatic nitrogens is 1. The summed E-state index contributed by atoms with van der Waals surface area (Å²) in [7, 11) is -7.80. The third kappa shape index (κ3) is 4.00. The molecule has 0 aliphatic heterocycles. The zero-order chi connectivity index (χ0) is 13.5. The number of hydrogen-bond acceptors (Lipinski definition) is 6. The van der Waals surface area contributed by atoms with E-state index in [2.05, 4.69) is 9.71 Å². The highest BCUT2D eigenvalue weighted by Crippen LogP contribution is 2.19. The molecule has 0 aliphatic carbocycles. The predicted octanol–water partition coefficient (Wildman–Crippen LogP) is -0.133. The second-order valence-electron chi connectivity index (χ2n) is 4.35. The Labute approximate surface area is 104 Å². The lowest BCUT2D eigenvalue weighted by Crippen LogP contribution is -2.40. The van der Waals surface area contributed by atoms with Crippen LogP contribution in [-0.4, -0.2) is 27.4 Å². The Morgan fingerprint density at radius 1 is 1.29 bits per heavy atom. The van der Waals surface area contributed by atoms with Crippen LogP contribution in [0.3, 0.4) is 0 Å². The maximum atomic E-state index is 11.8. The SMILES string of the molecule is CC(C)(C)NS(=O)(=O)c1nc(S(N)(=O)=O)cs1. The zero-order valence-electron chi connectivity index (χ0n) is 9.46. The minimum Gasteiger partial charge on any atom is -0.223 e. The molecule has 98 valence electrons. The largest absolute Gasteiger partial charge is 0.268 e. The molecule has 0 bridgehead atoms. The van der Waals surface area contributed by atoms with Crippen LogP contribution >= 0.6 is 11.3 Å². The van der Waals surface area contributed by atoms with Gasteiger partial charge in [0.05, 0.1) is 0 Å². The summed E-state index contributed by atoms with van der Waals surface area (Å²) in [5, 5.41) is 5.48. The first-order chi connectivity index (χ1) is 7.42. The summed E-state index contributed by atoms with van der Waals surface area (Å²) in [6.07, 6.45) is 0. The fourth-order valence-corrected chi connectivity index (χ4v) is 4.25. The number of sulfonamides is 2. The first kappa shape index (κ1) is 14.5. The molecule has 1 rings (SSSR count). The van der Waals surface area contributed by atoms with Crippen molar-refractivity contribution in [2.45, 2.75) is 35.7 Å². The highest BCUT2D eigenvalue weighted by Gasteiger charge is 2.26. The summed E-state index contributed by atoms with van der Waals surface area (Å²) < 4.78 is 47.5. The molecule has 0 unspecified atom stereocenters. The smallest absolute Gasteiger partial charge is 0.223 e. The summed E-state index contributed by atoms with van der Waals surface area (Å²) >= 11 is 0.703. The normalized spacial score (nSPS) is 13.9. The van der Waals surface area contributed by atoms with Gasteiger partial charge in [-0.15, -0.1) is 11.3 Å².